The number of halogens is 1. The van der Waals surface area contributed by atoms with Crippen molar-refractivity contribution in [3.63, 3.8) is 0 Å². The smallest absolute Gasteiger partial charge is 0.264 e. The Morgan fingerprint density at radius 2 is 1.73 bits per heavy atom. The first-order valence-electron chi connectivity index (χ1n) is 11.9. The topological polar surface area (TPSA) is 119 Å². The van der Waals surface area contributed by atoms with Crippen LogP contribution < -0.4 is 10.9 Å². The molecule has 1 saturated heterocycles. The van der Waals surface area contributed by atoms with Gasteiger partial charge in [-0.05, 0) is 54.8 Å². The lowest BCUT2D eigenvalue weighted by Crippen LogP contribution is -2.29. The second kappa shape index (κ2) is 10.4. The molecule has 1 aliphatic rings. The van der Waals surface area contributed by atoms with Crippen LogP contribution in [-0.4, -0.2) is 57.6 Å². The van der Waals surface area contributed by atoms with E-state index in [0.717, 1.165) is 18.4 Å². The average molecular weight is 541 g/mol. The molecule has 2 aromatic heterocycles. The van der Waals surface area contributed by atoms with Gasteiger partial charge in [0, 0.05) is 30.2 Å². The summed E-state index contributed by atoms with van der Waals surface area (Å²) in [5.74, 6) is -0.333. The van der Waals surface area contributed by atoms with Crippen LogP contribution in [-0.2, 0) is 23.1 Å². The summed E-state index contributed by atoms with van der Waals surface area (Å²) in [4.78, 5) is 30.0. The summed E-state index contributed by atoms with van der Waals surface area (Å²) >= 11 is 5.93. The summed E-state index contributed by atoms with van der Waals surface area (Å²) in [6.07, 6.45) is 4.68. The van der Waals surface area contributed by atoms with Crippen LogP contribution in [0.5, 0.6) is 0 Å². The van der Waals surface area contributed by atoms with E-state index in [4.69, 9.17) is 11.6 Å². The van der Waals surface area contributed by atoms with Crippen molar-refractivity contribution in [1.29, 1.82) is 0 Å². The number of hydrogen-bond donors (Lipinski definition) is 1. The summed E-state index contributed by atoms with van der Waals surface area (Å²) in [5.41, 5.74) is 1.50. The van der Waals surface area contributed by atoms with Crippen LogP contribution in [0.25, 0.3) is 11.0 Å². The lowest BCUT2D eigenvalue weighted by Gasteiger charge is -2.15. The average Bonchev–Trinajstić information content (AvgIpc) is 3.59. The highest BCUT2D eigenvalue weighted by atomic mass is 35.5. The zero-order chi connectivity index (χ0) is 26.0. The predicted molar refractivity (Wildman–Crippen MR) is 139 cm³/mol. The van der Waals surface area contributed by atoms with Crippen molar-refractivity contribution >= 4 is 38.6 Å². The Morgan fingerprint density at radius 1 is 1.03 bits per heavy atom. The summed E-state index contributed by atoms with van der Waals surface area (Å²) < 4.78 is 29.9. The van der Waals surface area contributed by atoms with Crippen molar-refractivity contribution in [2.45, 2.75) is 30.8 Å². The summed E-state index contributed by atoms with van der Waals surface area (Å²) in [5, 5.41) is 8.07. The molecule has 0 radical (unpaired) electrons. The van der Waals surface area contributed by atoms with Gasteiger partial charge in [0.1, 0.15) is 11.7 Å². The molecule has 1 fully saturated rings. The molecule has 2 aromatic carbocycles. The molecule has 1 aliphatic heterocycles. The van der Waals surface area contributed by atoms with Crippen LogP contribution in [0.2, 0.25) is 5.02 Å². The molecule has 12 heteroatoms. The van der Waals surface area contributed by atoms with Crippen molar-refractivity contribution in [3.05, 3.63) is 87.6 Å². The van der Waals surface area contributed by atoms with Gasteiger partial charge in [-0.2, -0.15) is 9.40 Å². The van der Waals surface area contributed by atoms with Crippen molar-refractivity contribution in [2.75, 3.05) is 19.6 Å². The van der Waals surface area contributed by atoms with Crippen LogP contribution >= 0.6 is 11.6 Å². The van der Waals surface area contributed by atoms with E-state index >= 15 is 0 Å². The van der Waals surface area contributed by atoms with Crippen LogP contribution in [0.15, 0.2) is 70.7 Å². The van der Waals surface area contributed by atoms with Gasteiger partial charge in [-0.1, -0.05) is 23.7 Å². The maximum absolute atomic E-state index is 12.9. The van der Waals surface area contributed by atoms with Gasteiger partial charge >= 0.3 is 0 Å². The van der Waals surface area contributed by atoms with E-state index in [1.807, 2.05) is 12.1 Å². The number of benzene rings is 2. The van der Waals surface area contributed by atoms with Gasteiger partial charge < -0.3 is 5.32 Å². The molecule has 0 saturated carbocycles. The SMILES string of the molecule is O=C(NCCn1ncc2c(=O)n(Cc3ccc(Cl)cc3)cnc21)c1ccc(S(=O)(=O)N2CCCC2)cc1. The lowest BCUT2D eigenvalue weighted by molar-refractivity contribution is 0.0952. The van der Waals surface area contributed by atoms with Crippen LogP contribution in [0.1, 0.15) is 28.8 Å². The molecular formula is C25H25ClN6O4S. The fraction of sp³-hybridized carbons (Fsp3) is 0.280. The second-order valence-electron chi connectivity index (χ2n) is 8.80. The molecule has 0 aliphatic carbocycles. The number of amides is 1. The Hall–Kier alpha value is -3.54. The Labute approximate surface area is 218 Å². The standard InChI is InChI=1S/C25H25ClN6O4S/c26-20-7-3-18(4-8-20)16-30-17-28-23-22(25(30)34)15-29-32(23)14-11-27-24(33)19-5-9-21(10-6-19)37(35,36)31-12-1-2-13-31/h3-10,15,17H,1-2,11-14,16H2,(H,27,33). The number of fused-ring (bicyclic) bond motifs is 1. The largest absolute Gasteiger partial charge is 0.350 e. The molecule has 37 heavy (non-hydrogen) atoms. The first kappa shape index (κ1) is 25.1. The normalized spacial score (nSPS) is 14.3. The van der Waals surface area contributed by atoms with Gasteiger partial charge in [0.2, 0.25) is 10.0 Å². The molecule has 192 valence electrons. The monoisotopic (exact) mass is 540 g/mol. The van der Waals surface area contributed by atoms with E-state index in [0.29, 0.717) is 47.8 Å². The van der Waals surface area contributed by atoms with E-state index in [9.17, 15) is 18.0 Å². The Bertz CT molecular complexity index is 1590. The van der Waals surface area contributed by atoms with Crippen LogP contribution in [0.3, 0.4) is 0 Å². The van der Waals surface area contributed by atoms with Crippen LogP contribution in [0.4, 0.5) is 0 Å². The Balaban J connectivity index is 1.21. The third-order valence-electron chi connectivity index (χ3n) is 6.32. The van der Waals surface area contributed by atoms with Gasteiger partial charge in [0.05, 0.1) is 24.2 Å². The molecule has 0 atom stereocenters. The summed E-state index contributed by atoms with van der Waals surface area (Å²) in [6.45, 7) is 1.97. The van der Waals surface area contributed by atoms with Gasteiger partial charge in [-0.15, -0.1) is 0 Å². The number of hydrogen-bond acceptors (Lipinski definition) is 6. The molecular weight excluding hydrogens is 516 g/mol. The molecule has 3 heterocycles. The molecule has 0 spiro atoms. The number of rotatable bonds is 8. The fourth-order valence-corrected chi connectivity index (χ4v) is 5.94. The Kier molecular flexibility index (Phi) is 7.09. The van der Waals surface area contributed by atoms with Crippen molar-refractivity contribution in [2.24, 2.45) is 0 Å². The highest BCUT2D eigenvalue weighted by Gasteiger charge is 2.27. The number of carbonyl (C=O) groups is 1. The minimum absolute atomic E-state index is 0.182. The first-order valence-corrected chi connectivity index (χ1v) is 13.7. The van der Waals surface area contributed by atoms with E-state index in [1.54, 1.807) is 16.8 Å². The number of nitrogens with zero attached hydrogens (tertiary/aromatic N) is 5. The highest BCUT2D eigenvalue weighted by Crippen LogP contribution is 2.21. The molecule has 0 unspecified atom stereocenters. The molecule has 5 rings (SSSR count). The first-order chi connectivity index (χ1) is 17.8. The molecule has 10 nitrogen and oxygen atoms in total. The van der Waals surface area contributed by atoms with Crippen molar-refractivity contribution < 1.29 is 13.2 Å². The molecule has 4 aromatic rings. The third kappa shape index (κ3) is 5.29. The van der Waals surface area contributed by atoms with Crippen molar-refractivity contribution in [1.82, 2.24) is 29.0 Å². The third-order valence-corrected chi connectivity index (χ3v) is 8.48. The number of carbonyl (C=O) groups excluding carboxylic acids is 1. The highest BCUT2D eigenvalue weighted by molar-refractivity contribution is 7.89. The zero-order valence-corrected chi connectivity index (χ0v) is 21.5. The van der Waals surface area contributed by atoms with Gasteiger partial charge in [-0.3, -0.25) is 14.2 Å². The van der Waals surface area contributed by atoms with Gasteiger partial charge in [0.25, 0.3) is 11.5 Å². The van der Waals surface area contributed by atoms with Gasteiger partial charge in [0.15, 0.2) is 5.65 Å². The van der Waals surface area contributed by atoms with E-state index in [2.05, 4.69) is 15.4 Å². The second-order valence-corrected chi connectivity index (χ2v) is 11.2. The van der Waals surface area contributed by atoms with Crippen molar-refractivity contribution in [3.8, 4) is 0 Å². The minimum atomic E-state index is -3.52. The predicted octanol–water partition coefficient (Wildman–Crippen LogP) is 2.51. The summed E-state index contributed by atoms with van der Waals surface area (Å²) in [6, 6.07) is 13.2. The van der Waals surface area contributed by atoms with E-state index in [-0.39, 0.29) is 22.9 Å². The lowest BCUT2D eigenvalue weighted by atomic mass is 10.2. The maximum Gasteiger partial charge on any atom is 0.264 e. The number of nitrogens with one attached hydrogen (secondary N) is 1. The molecule has 1 N–H and O–H groups in total. The van der Waals surface area contributed by atoms with Gasteiger partial charge in [-0.25, -0.2) is 18.1 Å². The quantitative estimate of drug-likeness (QED) is 0.367. The zero-order valence-electron chi connectivity index (χ0n) is 19.9. The minimum Gasteiger partial charge on any atom is -0.350 e. The van der Waals surface area contributed by atoms with E-state index < -0.39 is 10.0 Å². The number of aromatic nitrogens is 4. The summed E-state index contributed by atoms with van der Waals surface area (Å²) in [7, 11) is -3.52. The maximum atomic E-state index is 12.9. The van der Waals surface area contributed by atoms with Crippen LogP contribution in [0, 0.1) is 0 Å². The Morgan fingerprint density at radius 3 is 2.43 bits per heavy atom. The number of sulfonamides is 1. The molecule has 0 bridgehead atoms. The van der Waals surface area contributed by atoms with E-state index in [1.165, 1.54) is 45.7 Å². The molecule has 1 amide bonds. The fourth-order valence-electron chi connectivity index (χ4n) is 4.29.